The summed E-state index contributed by atoms with van der Waals surface area (Å²) >= 11 is 0. The van der Waals surface area contributed by atoms with E-state index < -0.39 is 11.4 Å². The van der Waals surface area contributed by atoms with E-state index in [4.69, 9.17) is 0 Å². The van der Waals surface area contributed by atoms with Gasteiger partial charge in [0.25, 0.3) is 11.5 Å². The first-order valence-corrected chi connectivity index (χ1v) is 7.07. The van der Waals surface area contributed by atoms with Gasteiger partial charge in [-0.05, 0) is 25.1 Å². The van der Waals surface area contributed by atoms with E-state index in [9.17, 15) is 14.0 Å². The van der Waals surface area contributed by atoms with Crippen LogP contribution in [0.15, 0.2) is 52.5 Å². The van der Waals surface area contributed by atoms with Crippen LogP contribution in [0.25, 0.3) is 5.69 Å². The molecular weight excluding hydrogens is 299 g/mol. The van der Waals surface area contributed by atoms with E-state index in [0.29, 0.717) is 12.1 Å². The smallest absolute Gasteiger partial charge is 0.255 e. The molecule has 118 valence electrons. The number of hydrazone groups is 1. The second-order valence-corrected chi connectivity index (χ2v) is 5.49. The molecule has 1 aromatic carbocycles. The van der Waals surface area contributed by atoms with E-state index in [-0.39, 0.29) is 17.2 Å². The van der Waals surface area contributed by atoms with Crippen LogP contribution in [0.3, 0.4) is 0 Å². The van der Waals surface area contributed by atoms with Gasteiger partial charge in [-0.3, -0.25) is 19.6 Å². The maximum Gasteiger partial charge on any atom is 0.255 e. The van der Waals surface area contributed by atoms with Gasteiger partial charge in [-0.1, -0.05) is 6.07 Å². The molecule has 0 radical (unpaired) electrons. The van der Waals surface area contributed by atoms with Crippen molar-refractivity contribution in [1.29, 1.82) is 0 Å². The Balaban J connectivity index is 1.84. The first-order valence-electron chi connectivity index (χ1n) is 7.07. The number of pyridine rings is 1. The number of carbonyl (C=O) groups excluding carboxylic acids is 1. The fourth-order valence-electron chi connectivity index (χ4n) is 2.26. The lowest BCUT2D eigenvalue weighted by Crippen LogP contribution is -2.47. The van der Waals surface area contributed by atoms with Crippen LogP contribution in [0.2, 0.25) is 0 Å². The van der Waals surface area contributed by atoms with Gasteiger partial charge in [-0.2, -0.15) is 5.10 Å². The van der Waals surface area contributed by atoms with Crippen LogP contribution in [0.1, 0.15) is 13.3 Å². The monoisotopic (exact) mass is 314 g/mol. The van der Waals surface area contributed by atoms with Crippen molar-refractivity contribution < 1.29 is 9.18 Å². The number of rotatable bonds is 3. The lowest BCUT2D eigenvalue weighted by atomic mass is 9.99. The summed E-state index contributed by atoms with van der Waals surface area (Å²) in [6, 6.07) is 8.89. The van der Waals surface area contributed by atoms with Gasteiger partial charge in [0.1, 0.15) is 11.4 Å². The van der Waals surface area contributed by atoms with Gasteiger partial charge in [0.05, 0.1) is 11.4 Å². The van der Waals surface area contributed by atoms with Crippen LogP contribution in [-0.4, -0.2) is 22.2 Å². The Morgan fingerprint density at radius 3 is 2.87 bits per heavy atom. The van der Waals surface area contributed by atoms with Gasteiger partial charge < -0.3 is 5.32 Å². The maximum absolute atomic E-state index is 14.3. The summed E-state index contributed by atoms with van der Waals surface area (Å²) in [7, 11) is 0. The summed E-state index contributed by atoms with van der Waals surface area (Å²) in [6.45, 7) is 1.69. The molecule has 3 rings (SSSR count). The summed E-state index contributed by atoms with van der Waals surface area (Å²) in [6.07, 6.45) is 3.58. The lowest BCUT2D eigenvalue weighted by Gasteiger charge is -2.22. The molecule has 0 saturated carbocycles. The molecule has 23 heavy (non-hydrogen) atoms. The number of nitrogens with zero attached hydrogens (tertiary/aromatic N) is 2. The highest BCUT2D eigenvalue weighted by atomic mass is 19.1. The fraction of sp³-hybridized carbons (Fsp3) is 0.188. The van der Waals surface area contributed by atoms with Crippen molar-refractivity contribution in [3.05, 3.63) is 58.8 Å². The van der Waals surface area contributed by atoms with Crippen molar-refractivity contribution in [2.75, 3.05) is 5.32 Å². The summed E-state index contributed by atoms with van der Waals surface area (Å²) in [5.74, 6) is -0.993. The first-order chi connectivity index (χ1) is 11.0. The van der Waals surface area contributed by atoms with Crippen LogP contribution < -0.4 is 16.3 Å². The standard InChI is InChI=1S/C16H15FN4O2/c1-16(7-8-18-20-16)15(23)19-13-6-5-11(10-12(13)17)21-9-3-2-4-14(21)22/h2-6,8-10,20H,7H2,1H3,(H,19,23). The highest BCUT2D eigenvalue weighted by Crippen LogP contribution is 2.21. The molecule has 1 aromatic heterocycles. The lowest BCUT2D eigenvalue weighted by molar-refractivity contribution is -0.121. The Labute approximate surface area is 131 Å². The average molecular weight is 314 g/mol. The molecule has 1 atom stereocenters. The minimum Gasteiger partial charge on any atom is -0.321 e. The zero-order valence-corrected chi connectivity index (χ0v) is 12.4. The zero-order valence-electron chi connectivity index (χ0n) is 12.4. The van der Waals surface area contributed by atoms with Crippen molar-refractivity contribution in [2.45, 2.75) is 18.9 Å². The third-order valence-electron chi connectivity index (χ3n) is 3.70. The number of benzene rings is 1. The number of nitrogens with one attached hydrogen (secondary N) is 2. The van der Waals surface area contributed by atoms with Gasteiger partial charge in [-0.25, -0.2) is 4.39 Å². The molecule has 0 bridgehead atoms. The molecule has 7 heteroatoms. The Morgan fingerprint density at radius 2 is 2.22 bits per heavy atom. The molecular formula is C16H15FN4O2. The molecule has 6 nitrogen and oxygen atoms in total. The van der Waals surface area contributed by atoms with Crippen LogP contribution in [0.4, 0.5) is 10.1 Å². The molecule has 0 spiro atoms. The third-order valence-corrected chi connectivity index (χ3v) is 3.70. The van der Waals surface area contributed by atoms with Crippen LogP contribution in [0.5, 0.6) is 0 Å². The molecule has 2 N–H and O–H groups in total. The number of hydrogen-bond donors (Lipinski definition) is 2. The second kappa shape index (κ2) is 5.68. The van der Waals surface area contributed by atoms with Gasteiger partial charge in [-0.15, -0.1) is 0 Å². The first kappa shape index (κ1) is 15.0. The van der Waals surface area contributed by atoms with Crippen molar-refractivity contribution in [2.24, 2.45) is 5.10 Å². The van der Waals surface area contributed by atoms with Crippen LogP contribution >= 0.6 is 0 Å². The molecule has 1 aliphatic rings. The normalized spacial score (nSPS) is 19.4. The minimum absolute atomic E-state index is 0.0534. The number of carbonyl (C=O) groups is 1. The van der Waals surface area contributed by atoms with Gasteiger partial charge in [0.2, 0.25) is 0 Å². The molecule has 0 saturated heterocycles. The Bertz CT molecular complexity index is 836. The van der Waals surface area contributed by atoms with E-state index in [0.717, 1.165) is 0 Å². The summed E-state index contributed by atoms with van der Waals surface area (Å²) < 4.78 is 15.6. The molecule has 2 aromatic rings. The Hall–Kier alpha value is -2.96. The summed E-state index contributed by atoms with van der Waals surface area (Å²) in [4.78, 5) is 24.0. The summed E-state index contributed by atoms with van der Waals surface area (Å²) in [5, 5.41) is 6.36. The Morgan fingerprint density at radius 1 is 1.39 bits per heavy atom. The van der Waals surface area contributed by atoms with E-state index in [1.54, 1.807) is 37.5 Å². The van der Waals surface area contributed by atoms with E-state index in [2.05, 4.69) is 15.8 Å². The van der Waals surface area contributed by atoms with Crippen LogP contribution in [0, 0.1) is 5.82 Å². The SMILES string of the molecule is CC1(C(=O)Nc2ccc(-n3ccccc3=O)cc2F)CC=NN1. The van der Waals surface area contributed by atoms with Crippen molar-refractivity contribution >= 4 is 17.8 Å². The number of anilines is 1. The van der Waals surface area contributed by atoms with Gasteiger partial charge in [0, 0.05) is 31.0 Å². The molecule has 1 amide bonds. The predicted molar refractivity (Wildman–Crippen MR) is 85.3 cm³/mol. The minimum atomic E-state index is -0.887. The number of aromatic nitrogens is 1. The molecule has 0 fully saturated rings. The number of hydrogen-bond acceptors (Lipinski definition) is 4. The fourth-order valence-corrected chi connectivity index (χ4v) is 2.26. The highest BCUT2D eigenvalue weighted by Gasteiger charge is 2.35. The molecule has 1 aliphatic heterocycles. The average Bonchev–Trinajstić information content (AvgIpc) is 2.98. The molecule has 2 heterocycles. The largest absolute Gasteiger partial charge is 0.321 e. The molecule has 1 unspecified atom stereocenters. The van der Waals surface area contributed by atoms with Gasteiger partial charge in [0.15, 0.2) is 0 Å². The Kier molecular flexibility index (Phi) is 3.69. The van der Waals surface area contributed by atoms with Crippen molar-refractivity contribution in [1.82, 2.24) is 9.99 Å². The number of amides is 1. The van der Waals surface area contributed by atoms with E-state index in [1.165, 1.54) is 22.8 Å². The van der Waals surface area contributed by atoms with E-state index >= 15 is 0 Å². The predicted octanol–water partition coefficient (Wildman–Crippen LogP) is 1.65. The van der Waals surface area contributed by atoms with Gasteiger partial charge >= 0.3 is 0 Å². The number of halogens is 1. The second-order valence-electron chi connectivity index (χ2n) is 5.49. The van der Waals surface area contributed by atoms with Crippen molar-refractivity contribution in [3.63, 3.8) is 0 Å². The quantitative estimate of drug-likeness (QED) is 0.904. The topological polar surface area (TPSA) is 75.5 Å². The maximum atomic E-state index is 14.3. The molecule has 0 aliphatic carbocycles. The highest BCUT2D eigenvalue weighted by molar-refractivity contribution is 6.00. The zero-order chi connectivity index (χ0) is 16.4. The van der Waals surface area contributed by atoms with Crippen molar-refractivity contribution in [3.8, 4) is 5.69 Å². The van der Waals surface area contributed by atoms with Crippen LogP contribution in [-0.2, 0) is 4.79 Å². The summed E-state index contributed by atoms with van der Waals surface area (Å²) in [5.41, 5.74) is 2.00. The van der Waals surface area contributed by atoms with E-state index in [1.807, 2.05) is 0 Å². The third kappa shape index (κ3) is 2.85.